The van der Waals surface area contributed by atoms with Crippen molar-refractivity contribution in [2.75, 3.05) is 7.11 Å². The number of methoxy groups -OCH3 is 1. The Morgan fingerprint density at radius 2 is 1.83 bits per heavy atom. The van der Waals surface area contributed by atoms with E-state index < -0.39 is 0 Å². The highest BCUT2D eigenvalue weighted by Gasteiger charge is 2.18. The molecule has 1 aromatic carbocycles. The maximum absolute atomic E-state index is 6.37. The lowest BCUT2D eigenvalue weighted by molar-refractivity contribution is 0.415. The number of rotatable bonds is 1. The SMILES string of the molecule is COc1cc(C)c2nc(C(C)(C)C)cc(Cl)c2c1. The number of halogens is 1. The van der Waals surface area contributed by atoms with Crippen LogP contribution in [-0.2, 0) is 5.41 Å². The molecule has 0 radical (unpaired) electrons. The van der Waals surface area contributed by atoms with Crippen molar-refractivity contribution in [1.29, 1.82) is 0 Å². The molecule has 0 N–H and O–H groups in total. The van der Waals surface area contributed by atoms with Crippen molar-refractivity contribution in [2.24, 2.45) is 0 Å². The van der Waals surface area contributed by atoms with E-state index in [1.807, 2.05) is 25.1 Å². The van der Waals surface area contributed by atoms with Crippen LogP contribution in [-0.4, -0.2) is 12.1 Å². The highest BCUT2D eigenvalue weighted by Crippen LogP contribution is 2.32. The second-order valence-corrected chi connectivity index (χ2v) is 5.99. The zero-order chi connectivity index (χ0) is 13.5. The van der Waals surface area contributed by atoms with E-state index in [0.717, 1.165) is 32.9 Å². The molecule has 0 aliphatic rings. The predicted octanol–water partition coefficient (Wildman–Crippen LogP) is 4.50. The van der Waals surface area contributed by atoms with Gasteiger partial charge in [0.1, 0.15) is 5.75 Å². The van der Waals surface area contributed by atoms with Crippen molar-refractivity contribution >= 4 is 22.5 Å². The third-order valence-electron chi connectivity index (χ3n) is 3.03. The van der Waals surface area contributed by atoms with Crippen molar-refractivity contribution in [3.05, 3.63) is 34.5 Å². The summed E-state index contributed by atoms with van der Waals surface area (Å²) in [5.41, 5.74) is 3.03. The van der Waals surface area contributed by atoms with Crippen molar-refractivity contribution in [3.63, 3.8) is 0 Å². The Labute approximate surface area is 113 Å². The summed E-state index contributed by atoms with van der Waals surface area (Å²) in [6, 6.07) is 5.87. The van der Waals surface area contributed by atoms with Gasteiger partial charge in [-0.15, -0.1) is 0 Å². The number of hydrogen-bond donors (Lipinski definition) is 0. The lowest BCUT2D eigenvalue weighted by Gasteiger charge is -2.19. The Kier molecular flexibility index (Phi) is 3.24. The lowest BCUT2D eigenvalue weighted by atomic mass is 9.91. The topological polar surface area (TPSA) is 22.1 Å². The first-order valence-electron chi connectivity index (χ1n) is 5.98. The molecule has 18 heavy (non-hydrogen) atoms. The van der Waals surface area contributed by atoms with Gasteiger partial charge in [0, 0.05) is 16.5 Å². The van der Waals surface area contributed by atoms with Crippen molar-refractivity contribution < 1.29 is 4.74 Å². The highest BCUT2D eigenvalue weighted by atomic mass is 35.5. The van der Waals surface area contributed by atoms with E-state index in [1.54, 1.807) is 7.11 Å². The van der Waals surface area contributed by atoms with E-state index in [2.05, 4.69) is 20.8 Å². The molecule has 0 unspecified atom stereocenters. The molecule has 1 heterocycles. The number of aryl methyl sites for hydroxylation is 1. The number of hydrogen-bond acceptors (Lipinski definition) is 2. The van der Waals surface area contributed by atoms with Crippen LogP contribution in [0.2, 0.25) is 5.02 Å². The second-order valence-electron chi connectivity index (χ2n) is 5.58. The number of fused-ring (bicyclic) bond motifs is 1. The van der Waals surface area contributed by atoms with Crippen LogP contribution in [0.5, 0.6) is 5.75 Å². The zero-order valence-electron chi connectivity index (χ0n) is 11.5. The molecular weight excluding hydrogens is 246 g/mol. The zero-order valence-corrected chi connectivity index (χ0v) is 12.2. The fraction of sp³-hybridized carbons (Fsp3) is 0.400. The molecule has 2 rings (SSSR count). The first-order valence-corrected chi connectivity index (χ1v) is 6.36. The summed E-state index contributed by atoms with van der Waals surface area (Å²) in [5, 5.41) is 1.67. The maximum atomic E-state index is 6.37. The van der Waals surface area contributed by atoms with Gasteiger partial charge in [0.05, 0.1) is 17.6 Å². The molecule has 0 amide bonds. The van der Waals surface area contributed by atoms with E-state index in [4.69, 9.17) is 21.3 Å². The largest absolute Gasteiger partial charge is 0.497 e. The molecule has 3 heteroatoms. The molecule has 0 saturated carbocycles. The van der Waals surface area contributed by atoms with Crippen molar-refractivity contribution in [1.82, 2.24) is 4.98 Å². The molecule has 0 bridgehead atoms. The van der Waals surface area contributed by atoms with Gasteiger partial charge >= 0.3 is 0 Å². The summed E-state index contributed by atoms with van der Waals surface area (Å²) in [7, 11) is 1.66. The monoisotopic (exact) mass is 263 g/mol. The molecule has 0 aliphatic carbocycles. The number of benzene rings is 1. The number of nitrogens with zero attached hydrogens (tertiary/aromatic N) is 1. The minimum atomic E-state index is -0.00972. The Morgan fingerprint density at radius 1 is 1.17 bits per heavy atom. The Balaban J connectivity index is 2.78. The van der Waals surface area contributed by atoms with Gasteiger partial charge in [-0.1, -0.05) is 32.4 Å². The smallest absolute Gasteiger partial charge is 0.119 e. The molecular formula is C15H18ClNO. The van der Waals surface area contributed by atoms with Crippen LogP contribution in [0.1, 0.15) is 32.0 Å². The van der Waals surface area contributed by atoms with Gasteiger partial charge in [-0.2, -0.15) is 0 Å². The van der Waals surface area contributed by atoms with Crippen LogP contribution in [0.4, 0.5) is 0 Å². The minimum Gasteiger partial charge on any atom is -0.497 e. The quantitative estimate of drug-likeness (QED) is 0.756. The van der Waals surface area contributed by atoms with E-state index in [9.17, 15) is 0 Å². The van der Waals surface area contributed by atoms with Gasteiger partial charge in [-0.05, 0) is 30.7 Å². The van der Waals surface area contributed by atoms with E-state index >= 15 is 0 Å². The van der Waals surface area contributed by atoms with Crippen molar-refractivity contribution in [3.8, 4) is 5.75 Å². The first-order chi connectivity index (χ1) is 8.32. The standard InChI is InChI=1S/C15H18ClNO/c1-9-6-10(18-5)7-11-12(16)8-13(15(2,3)4)17-14(9)11/h6-8H,1-5H3. The Bertz CT molecular complexity index is 599. The third-order valence-corrected chi connectivity index (χ3v) is 3.34. The van der Waals surface area contributed by atoms with Gasteiger partial charge in [-0.3, -0.25) is 4.98 Å². The molecule has 0 saturated heterocycles. The Hall–Kier alpha value is -1.28. The highest BCUT2D eigenvalue weighted by molar-refractivity contribution is 6.35. The summed E-state index contributed by atoms with van der Waals surface area (Å²) < 4.78 is 5.27. The first kappa shape index (κ1) is 13.2. The molecule has 0 fully saturated rings. The van der Waals surface area contributed by atoms with Gasteiger partial charge in [0.15, 0.2) is 0 Å². The van der Waals surface area contributed by atoms with E-state index in [1.165, 1.54) is 0 Å². The summed E-state index contributed by atoms with van der Waals surface area (Å²) in [6.45, 7) is 8.43. The van der Waals surface area contributed by atoms with Crippen LogP contribution in [0.25, 0.3) is 10.9 Å². The van der Waals surface area contributed by atoms with Gasteiger partial charge < -0.3 is 4.74 Å². The van der Waals surface area contributed by atoms with Gasteiger partial charge in [0.2, 0.25) is 0 Å². The molecule has 1 aromatic heterocycles. The molecule has 0 atom stereocenters. The Morgan fingerprint density at radius 3 is 2.39 bits per heavy atom. The fourth-order valence-corrected chi connectivity index (χ4v) is 2.18. The average molecular weight is 264 g/mol. The summed E-state index contributed by atoms with van der Waals surface area (Å²) >= 11 is 6.37. The normalized spacial score (nSPS) is 11.9. The van der Waals surface area contributed by atoms with Gasteiger partial charge in [-0.25, -0.2) is 0 Å². The van der Waals surface area contributed by atoms with Crippen LogP contribution in [0.3, 0.4) is 0 Å². The third kappa shape index (κ3) is 2.30. The minimum absolute atomic E-state index is 0.00972. The number of ether oxygens (including phenoxy) is 1. The number of pyridine rings is 1. The molecule has 2 nitrogen and oxygen atoms in total. The second kappa shape index (κ2) is 4.43. The van der Waals surface area contributed by atoms with Crippen LogP contribution >= 0.6 is 11.6 Å². The van der Waals surface area contributed by atoms with Crippen LogP contribution in [0, 0.1) is 6.92 Å². The molecule has 0 spiro atoms. The van der Waals surface area contributed by atoms with E-state index in [-0.39, 0.29) is 5.41 Å². The van der Waals surface area contributed by atoms with Gasteiger partial charge in [0.25, 0.3) is 0 Å². The van der Waals surface area contributed by atoms with Crippen LogP contribution < -0.4 is 4.74 Å². The lowest BCUT2D eigenvalue weighted by Crippen LogP contribution is -2.13. The van der Waals surface area contributed by atoms with E-state index in [0.29, 0.717) is 0 Å². The summed E-state index contributed by atoms with van der Waals surface area (Å²) in [5.74, 6) is 0.812. The summed E-state index contributed by atoms with van der Waals surface area (Å²) in [4.78, 5) is 4.74. The molecule has 2 aromatic rings. The van der Waals surface area contributed by atoms with Crippen molar-refractivity contribution in [2.45, 2.75) is 33.1 Å². The maximum Gasteiger partial charge on any atom is 0.119 e. The molecule has 0 aliphatic heterocycles. The average Bonchev–Trinajstić information content (AvgIpc) is 2.28. The predicted molar refractivity (Wildman–Crippen MR) is 76.7 cm³/mol. The molecule has 96 valence electrons. The van der Waals surface area contributed by atoms with Crippen LogP contribution in [0.15, 0.2) is 18.2 Å². The number of aromatic nitrogens is 1. The summed E-state index contributed by atoms with van der Waals surface area (Å²) in [6.07, 6.45) is 0. The fourth-order valence-electron chi connectivity index (χ4n) is 1.93.